The fraction of sp³-hybridized carbons (Fsp3) is 0.0769. The minimum atomic E-state index is -0.365. The van der Waals surface area contributed by atoms with E-state index in [1.807, 2.05) is 0 Å². The highest BCUT2D eigenvalue weighted by atomic mass is 79.9. The maximum absolute atomic E-state index is 12.2. The summed E-state index contributed by atoms with van der Waals surface area (Å²) in [6, 6.07) is 6.39. The van der Waals surface area contributed by atoms with E-state index in [1.165, 1.54) is 6.07 Å². The van der Waals surface area contributed by atoms with Gasteiger partial charge in [-0.05, 0) is 40.2 Å². The zero-order valence-electron chi connectivity index (χ0n) is 10.7. The molecule has 8 heteroatoms. The molecule has 0 aliphatic carbocycles. The van der Waals surface area contributed by atoms with Crippen LogP contribution in [-0.4, -0.2) is 17.9 Å². The summed E-state index contributed by atoms with van der Waals surface area (Å²) in [7, 11) is 1.69. The lowest BCUT2D eigenvalue weighted by molar-refractivity contribution is 0.102. The molecule has 1 amide bonds. The first-order valence-electron chi connectivity index (χ1n) is 5.72. The van der Waals surface area contributed by atoms with Gasteiger partial charge in [0.1, 0.15) is 11.0 Å². The van der Waals surface area contributed by atoms with Gasteiger partial charge in [-0.2, -0.15) is 0 Å². The second-order valence-electron chi connectivity index (χ2n) is 3.99. The molecule has 0 saturated heterocycles. The number of aromatic nitrogens is 1. The van der Waals surface area contributed by atoms with Gasteiger partial charge in [-0.25, -0.2) is 4.98 Å². The van der Waals surface area contributed by atoms with Crippen molar-refractivity contribution in [3.8, 4) is 0 Å². The van der Waals surface area contributed by atoms with Gasteiger partial charge in [-0.1, -0.05) is 34.8 Å². The van der Waals surface area contributed by atoms with Crippen molar-refractivity contribution in [3.63, 3.8) is 0 Å². The normalized spacial score (nSPS) is 10.3. The smallest absolute Gasteiger partial charge is 0.255 e. The van der Waals surface area contributed by atoms with Gasteiger partial charge in [0, 0.05) is 17.1 Å². The lowest BCUT2D eigenvalue weighted by atomic mass is 10.2. The van der Waals surface area contributed by atoms with Crippen LogP contribution in [-0.2, 0) is 0 Å². The second-order valence-corrected chi connectivity index (χ2v) is 5.99. The molecule has 0 atom stereocenters. The van der Waals surface area contributed by atoms with Gasteiger partial charge in [-0.3, -0.25) is 4.79 Å². The van der Waals surface area contributed by atoms with Crippen LogP contribution in [0.15, 0.2) is 28.7 Å². The van der Waals surface area contributed by atoms with E-state index in [-0.39, 0.29) is 16.1 Å². The number of hydrogen-bond donors (Lipinski definition) is 2. The van der Waals surface area contributed by atoms with Crippen molar-refractivity contribution in [2.75, 3.05) is 17.7 Å². The molecule has 2 N–H and O–H groups in total. The van der Waals surface area contributed by atoms with E-state index >= 15 is 0 Å². The number of carbonyl (C=O) groups is 1. The molecule has 0 fully saturated rings. The molecule has 0 saturated carbocycles. The predicted octanol–water partition coefficient (Wildman–Crippen LogP) is 5.10. The first kappa shape index (κ1) is 16.4. The van der Waals surface area contributed by atoms with Gasteiger partial charge in [0.25, 0.3) is 5.91 Å². The van der Waals surface area contributed by atoms with Gasteiger partial charge in [0.15, 0.2) is 0 Å². The van der Waals surface area contributed by atoms with Crippen LogP contribution >= 0.6 is 50.7 Å². The van der Waals surface area contributed by atoms with Gasteiger partial charge >= 0.3 is 0 Å². The van der Waals surface area contributed by atoms with E-state index in [4.69, 9.17) is 34.8 Å². The minimum Gasteiger partial charge on any atom is -0.373 e. The lowest BCUT2D eigenvalue weighted by Crippen LogP contribution is -2.13. The molecular weight excluding hydrogens is 400 g/mol. The molecule has 0 radical (unpaired) electrons. The molecule has 0 aliphatic heterocycles. The van der Waals surface area contributed by atoms with Crippen molar-refractivity contribution in [3.05, 3.63) is 49.5 Å². The molecule has 110 valence electrons. The van der Waals surface area contributed by atoms with Crippen molar-refractivity contribution in [1.82, 2.24) is 4.98 Å². The number of carbonyl (C=O) groups excluding carboxylic acids is 1. The summed E-state index contributed by atoms with van der Waals surface area (Å²) in [4.78, 5) is 16.3. The van der Waals surface area contributed by atoms with Crippen molar-refractivity contribution in [1.29, 1.82) is 0 Å². The van der Waals surface area contributed by atoms with Crippen molar-refractivity contribution < 1.29 is 4.79 Å². The van der Waals surface area contributed by atoms with E-state index < -0.39 is 0 Å². The van der Waals surface area contributed by atoms with Crippen LogP contribution in [0, 0.1) is 0 Å². The van der Waals surface area contributed by atoms with Crippen LogP contribution in [0.1, 0.15) is 10.4 Å². The third-order valence-electron chi connectivity index (χ3n) is 2.60. The number of hydrogen-bond acceptors (Lipinski definition) is 3. The van der Waals surface area contributed by atoms with Crippen molar-refractivity contribution in [2.45, 2.75) is 0 Å². The zero-order chi connectivity index (χ0) is 15.6. The number of rotatable bonds is 3. The molecule has 2 rings (SSSR count). The third kappa shape index (κ3) is 3.80. The molecule has 0 bridgehead atoms. The first-order valence-corrected chi connectivity index (χ1v) is 7.65. The van der Waals surface area contributed by atoms with Crippen LogP contribution in [0.3, 0.4) is 0 Å². The number of amides is 1. The van der Waals surface area contributed by atoms with E-state index in [0.29, 0.717) is 26.6 Å². The number of benzene rings is 1. The summed E-state index contributed by atoms with van der Waals surface area (Å²) in [5, 5.41) is 6.31. The number of nitrogens with zero attached hydrogens (tertiary/aromatic N) is 1. The van der Waals surface area contributed by atoms with Crippen molar-refractivity contribution in [2.24, 2.45) is 0 Å². The lowest BCUT2D eigenvalue weighted by Gasteiger charge is -2.10. The Morgan fingerprint density at radius 3 is 2.57 bits per heavy atom. The quantitative estimate of drug-likeness (QED) is 0.548. The summed E-state index contributed by atoms with van der Waals surface area (Å²) in [5.41, 5.74) is 0.767. The largest absolute Gasteiger partial charge is 0.373 e. The van der Waals surface area contributed by atoms with Crippen LogP contribution in [0.25, 0.3) is 0 Å². The highest BCUT2D eigenvalue weighted by molar-refractivity contribution is 9.10. The minimum absolute atomic E-state index is 0.215. The number of nitrogens with one attached hydrogen (secondary N) is 2. The monoisotopic (exact) mass is 407 g/mol. The number of pyridine rings is 1. The van der Waals surface area contributed by atoms with Gasteiger partial charge in [0.2, 0.25) is 0 Å². The topological polar surface area (TPSA) is 54.0 Å². The van der Waals surface area contributed by atoms with Crippen LogP contribution < -0.4 is 10.6 Å². The molecule has 21 heavy (non-hydrogen) atoms. The second kappa shape index (κ2) is 6.83. The summed E-state index contributed by atoms with van der Waals surface area (Å²) >= 11 is 21.2. The Morgan fingerprint density at radius 1 is 1.19 bits per heavy atom. The van der Waals surface area contributed by atoms with E-state index in [1.54, 1.807) is 25.2 Å². The van der Waals surface area contributed by atoms with Crippen molar-refractivity contribution >= 4 is 68.1 Å². The Labute approximate surface area is 144 Å². The molecule has 1 aromatic carbocycles. The van der Waals surface area contributed by atoms with Gasteiger partial charge in [-0.15, -0.1) is 0 Å². The molecule has 2 aromatic rings. The van der Waals surface area contributed by atoms with Gasteiger partial charge < -0.3 is 10.6 Å². The standard InChI is InChI=1S/C13H9BrCl3N3O/c1-18-10-5-6(4-9(15)20-10)13(21)19-8-3-2-7(14)11(16)12(8)17/h2-5H,1H3,(H,18,20)(H,19,21). The summed E-state index contributed by atoms with van der Waals surface area (Å²) in [5.74, 6) is 0.128. The third-order valence-corrected chi connectivity index (χ3v) is 4.56. The Bertz CT molecular complexity index is 709. The molecule has 1 aromatic heterocycles. The number of anilines is 2. The first-order chi connectivity index (χ1) is 9.92. The molecule has 4 nitrogen and oxygen atoms in total. The van der Waals surface area contributed by atoms with Crippen LogP contribution in [0.5, 0.6) is 0 Å². The van der Waals surface area contributed by atoms with E-state index in [9.17, 15) is 4.79 Å². The highest BCUT2D eigenvalue weighted by Crippen LogP contribution is 2.36. The summed E-state index contributed by atoms with van der Waals surface area (Å²) < 4.78 is 0.650. The predicted molar refractivity (Wildman–Crippen MR) is 90.9 cm³/mol. The Kier molecular flexibility index (Phi) is 5.32. The Hall–Kier alpha value is -1.01. The Morgan fingerprint density at radius 2 is 1.90 bits per heavy atom. The maximum atomic E-state index is 12.2. The molecule has 0 aliphatic rings. The van der Waals surface area contributed by atoms with Gasteiger partial charge in [0.05, 0.1) is 15.7 Å². The van der Waals surface area contributed by atoms with Crippen LogP contribution in [0.2, 0.25) is 15.2 Å². The fourth-order valence-corrected chi connectivity index (χ4v) is 2.60. The highest BCUT2D eigenvalue weighted by Gasteiger charge is 2.14. The summed E-state index contributed by atoms with van der Waals surface area (Å²) in [6.07, 6.45) is 0. The number of halogens is 4. The van der Waals surface area contributed by atoms with Crippen LogP contribution in [0.4, 0.5) is 11.5 Å². The zero-order valence-corrected chi connectivity index (χ0v) is 14.5. The van der Waals surface area contributed by atoms with E-state index in [0.717, 1.165) is 0 Å². The molecule has 0 unspecified atom stereocenters. The SMILES string of the molecule is CNc1cc(C(=O)Nc2ccc(Br)c(Cl)c2Cl)cc(Cl)n1. The average molecular weight is 409 g/mol. The average Bonchev–Trinajstić information content (AvgIpc) is 2.47. The molecule has 0 spiro atoms. The fourth-order valence-electron chi connectivity index (χ4n) is 1.57. The molecule has 1 heterocycles. The Balaban J connectivity index is 2.30. The van der Waals surface area contributed by atoms with E-state index in [2.05, 4.69) is 31.5 Å². The maximum Gasteiger partial charge on any atom is 0.255 e. The molecular formula is C13H9BrCl3N3O. The summed E-state index contributed by atoms with van der Waals surface area (Å²) in [6.45, 7) is 0.